The van der Waals surface area contributed by atoms with Crippen molar-refractivity contribution in [2.45, 2.75) is 32.4 Å². The second-order valence-corrected chi connectivity index (χ2v) is 10.6. The third-order valence-electron chi connectivity index (χ3n) is 6.52. The van der Waals surface area contributed by atoms with Crippen molar-refractivity contribution in [1.82, 2.24) is 4.98 Å². The first-order valence-electron chi connectivity index (χ1n) is 11.5. The Bertz CT molecular complexity index is 1610. The van der Waals surface area contributed by atoms with Crippen molar-refractivity contribution >= 4 is 55.7 Å². The summed E-state index contributed by atoms with van der Waals surface area (Å²) in [4.78, 5) is 32.9. The average molecular weight is 517 g/mol. The SMILES string of the molecule is Cc1cccc(C2/C(=C(\O)c3ccc4c(c3)CC(C)O4)C(=O)C(=O)N2c2nc3ccc(Cl)cc3s2)c1. The summed E-state index contributed by atoms with van der Waals surface area (Å²) in [6.07, 6.45) is 0.753. The molecule has 180 valence electrons. The number of aliphatic hydroxyl groups is 1. The highest BCUT2D eigenvalue weighted by atomic mass is 35.5. The summed E-state index contributed by atoms with van der Waals surface area (Å²) in [6.45, 7) is 3.92. The van der Waals surface area contributed by atoms with Gasteiger partial charge in [-0.3, -0.25) is 14.5 Å². The van der Waals surface area contributed by atoms with Crippen LogP contribution < -0.4 is 9.64 Å². The number of benzene rings is 3. The number of thiazole rings is 1. The van der Waals surface area contributed by atoms with Crippen LogP contribution in [0.1, 0.15) is 35.2 Å². The van der Waals surface area contributed by atoms with E-state index in [4.69, 9.17) is 16.3 Å². The number of fused-ring (bicyclic) bond motifs is 2. The van der Waals surface area contributed by atoms with E-state index in [1.807, 2.05) is 44.2 Å². The number of Topliss-reactive ketones (excluding diaryl/α,β-unsaturated/α-hetero) is 1. The fourth-order valence-electron chi connectivity index (χ4n) is 4.90. The van der Waals surface area contributed by atoms with Gasteiger partial charge in [0.1, 0.15) is 17.6 Å². The molecule has 2 atom stereocenters. The van der Waals surface area contributed by atoms with Gasteiger partial charge in [-0.25, -0.2) is 4.98 Å². The number of halogens is 1. The van der Waals surface area contributed by atoms with Crippen LogP contribution in [0.2, 0.25) is 5.02 Å². The van der Waals surface area contributed by atoms with E-state index in [0.29, 0.717) is 33.2 Å². The zero-order valence-corrected chi connectivity index (χ0v) is 21.1. The number of nitrogens with zero attached hydrogens (tertiary/aromatic N) is 2. The molecule has 0 radical (unpaired) electrons. The summed E-state index contributed by atoms with van der Waals surface area (Å²) >= 11 is 7.44. The number of anilines is 1. The van der Waals surface area contributed by atoms with Crippen LogP contribution in [0.15, 0.2) is 66.2 Å². The maximum absolute atomic E-state index is 13.4. The number of hydrogen-bond donors (Lipinski definition) is 1. The Morgan fingerprint density at radius 1 is 1.14 bits per heavy atom. The van der Waals surface area contributed by atoms with E-state index in [2.05, 4.69) is 4.98 Å². The maximum Gasteiger partial charge on any atom is 0.301 e. The van der Waals surface area contributed by atoms with Gasteiger partial charge >= 0.3 is 5.91 Å². The topological polar surface area (TPSA) is 79.7 Å². The average Bonchev–Trinajstić information content (AvgIpc) is 3.50. The first kappa shape index (κ1) is 22.8. The van der Waals surface area contributed by atoms with E-state index in [-0.39, 0.29) is 17.4 Å². The second kappa shape index (κ2) is 8.47. The summed E-state index contributed by atoms with van der Waals surface area (Å²) in [5.41, 5.74) is 3.82. The second-order valence-electron chi connectivity index (χ2n) is 9.15. The number of carbonyl (C=O) groups excluding carboxylic acids is 2. The molecule has 0 spiro atoms. The predicted octanol–water partition coefficient (Wildman–Crippen LogP) is 6.21. The van der Waals surface area contributed by atoms with Crippen molar-refractivity contribution in [3.8, 4) is 5.75 Å². The van der Waals surface area contributed by atoms with Crippen LogP contribution in [0, 0.1) is 6.92 Å². The molecular formula is C28H21ClN2O4S. The largest absolute Gasteiger partial charge is 0.507 e. The van der Waals surface area contributed by atoms with E-state index < -0.39 is 17.7 Å². The number of aryl methyl sites for hydroxylation is 1. The molecular weight excluding hydrogens is 496 g/mol. The summed E-state index contributed by atoms with van der Waals surface area (Å²) in [6, 6.07) is 17.4. The fourth-order valence-corrected chi connectivity index (χ4v) is 6.17. The fraction of sp³-hybridized carbons (Fsp3) is 0.179. The molecule has 3 heterocycles. The molecule has 6 nitrogen and oxygen atoms in total. The molecule has 1 aromatic heterocycles. The number of ether oxygens (including phenoxy) is 1. The van der Waals surface area contributed by atoms with Gasteiger partial charge in [-0.1, -0.05) is 52.8 Å². The maximum atomic E-state index is 13.4. The van der Waals surface area contributed by atoms with E-state index in [1.165, 1.54) is 16.2 Å². The first-order chi connectivity index (χ1) is 17.3. The lowest BCUT2D eigenvalue weighted by Crippen LogP contribution is -2.29. The van der Waals surface area contributed by atoms with Gasteiger partial charge in [-0.05, 0) is 61.4 Å². The van der Waals surface area contributed by atoms with Gasteiger partial charge in [0.2, 0.25) is 0 Å². The van der Waals surface area contributed by atoms with Crippen LogP contribution in [0.5, 0.6) is 5.75 Å². The minimum Gasteiger partial charge on any atom is -0.507 e. The Kier molecular flexibility index (Phi) is 5.35. The molecule has 1 fully saturated rings. The molecule has 0 bridgehead atoms. The van der Waals surface area contributed by atoms with Gasteiger partial charge < -0.3 is 9.84 Å². The number of aromatic nitrogens is 1. The summed E-state index contributed by atoms with van der Waals surface area (Å²) in [7, 11) is 0. The molecule has 36 heavy (non-hydrogen) atoms. The number of carbonyl (C=O) groups is 2. The van der Waals surface area contributed by atoms with Gasteiger partial charge in [-0.15, -0.1) is 0 Å². The Morgan fingerprint density at radius 3 is 2.78 bits per heavy atom. The third kappa shape index (κ3) is 3.67. The number of hydrogen-bond acceptors (Lipinski definition) is 6. The number of aliphatic hydroxyl groups excluding tert-OH is 1. The molecule has 1 saturated heterocycles. The molecule has 2 aliphatic rings. The molecule has 1 N–H and O–H groups in total. The van der Waals surface area contributed by atoms with Crippen molar-refractivity contribution in [2.24, 2.45) is 0 Å². The normalized spacial score (nSPS) is 20.7. The Balaban J connectivity index is 1.54. The summed E-state index contributed by atoms with van der Waals surface area (Å²) in [5, 5.41) is 12.4. The van der Waals surface area contributed by atoms with Crippen molar-refractivity contribution in [2.75, 3.05) is 4.90 Å². The van der Waals surface area contributed by atoms with Crippen molar-refractivity contribution in [3.63, 3.8) is 0 Å². The van der Waals surface area contributed by atoms with E-state index in [1.54, 1.807) is 30.3 Å². The quantitative estimate of drug-likeness (QED) is 0.199. The molecule has 2 aliphatic heterocycles. The summed E-state index contributed by atoms with van der Waals surface area (Å²) < 4.78 is 6.58. The molecule has 2 unspecified atom stereocenters. The number of rotatable bonds is 3. The van der Waals surface area contributed by atoms with Crippen molar-refractivity contribution < 1.29 is 19.4 Å². The lowest BCUT2D eigenvalue weighted by molar-refractivity contribution is -0.132. The zero-order valence-electron chi connectivity index (χ0n) is 19.5. The highest BCUT2D eigenvalue weighted by Crippen LogP contribution is 2.45. The molecule has 1 amide bonds. The molecule has 4 aromatic rings. The number of amides is 1. The van der Waals surface area contributed by atoms with Crippen molar-refractivity contribution in [3.05, 3.63) is 93.5 Å². The Morgan fingerprint density at radius 2 is 1.97 bits per heavy atom. The van der Waals surface area contributed by atoms with Crippen LogP contribution in [-0.4, -0.2) is 27.9 Å². The number of ketones is 1. The Labute approximate surface area is 216 Å². The molecule has 6 rings (SSSR count). The van der Waals surface area contributed by atoms with E-state index in [0.717, 1.165) is 21.6 Å². The van der Waals surface area contributed by atoms with Gasteiger partial charge in [0, 0.05) is 17.0 Å². The van der Waals surface area contributed by atoms with Crippen LogP contribution in [-0.2, 0) is 16.0 Å². The van der Waals surface area contributed by atoms with Crippen LogP contribution in [0.3, 0.4) is 0 Å². The van der Waals surface area contributed by atoms with Gasteiger partial charge in [0.15, 0.2) is 5.13 Å². The van der Waals surface area contributed by atoms with Crippen LogP contribution in [0.4, 0.5) is 5.13 Å². The molecule has 0 aliphatic carbocycles. The standard InChI is InChI=1S/C28H21ClN2O4S/c1-14-4-3-5-16(10-14)24-23(25(32)17-6-9-21-18(12-17)11-15(2)35-21)26(33)27(34)31(24)28-30-20-8-7-19(29)13-22(20)36-28/h3-10,12-13,15,24,32H,11H2,1-2H3/b25-23+. The molecule has 0 saturated carbocycles. The van der Waals surface area contributed by atoms with Gasteiger partial charge in [0.05, 0.1) is 21.8 Å². The minimum atomic E-state index is -0.829. The van der Waals surface area contributed by atoms with Crippen LogP contribution >= 0.6 is 22.9 Å². The lowest BCUT2D eigenvalue weighted by atomic mass is 9.94. The first-order valence-corrected chi connectivity index (χ1v) is 12.7. The van der Waals surface area contributed by atoms with E-state index >= 15 is 0 Å². The predicted molar refractivity (Wildman–Crippen MR) is 141 cm³/mol. The van der Waals surface area contributed by atoms with Gasteiger partial charge in [-0.2, -0.15) is 0 Å². The zero-order chi connectivity index (χ0) is 25.1. The highest BCUT2D eigenvalue weighted by molar-refractivity contribution is 7.22. The third-order valence-corrected chi connectivity index (χ3v) is 7.77. The van der Waals surface area contributed by atoms with Gasteiger partial charge in [0.25, 0.3) is 5.78 Å². The molecule has 8 heteroatoms. The van der Waals surface area contributed by atoms with Crippen LogP contribution in [0.25, 0.3) is 16.0 Å². The monoisotopic (exact) mass is 516 g/mol. The van der Waals surface area contributed by atoms with Crippen molar-refractivity contribution in [1.29, 1.82) is 0 Å². The lowest BCUT2D eigenvalue weighted by Gasteiger charge is -2.23. The highest BCUT2D eigenvalue weighted by Gasteiger charge is 2.48. The summed E-state index contributed by atoms with van der Waals surface area (Å²) in [5.74, 6) is -0.926. The Hall–Kier alpha value is -3.68. The minimum absolute atomic E-state index is 0.0369. The van der Waals surface area contributed by atoms with E-state index in [9.17, 15) is 14.7 Å². The molecule has 3 aromatic carbocycles. The smallest absolute Gasteiger partial charge is 0.301 e.